The van der Waals surface area contributed by atoms with E-state index in [0.717, 1.165) is 0 Å². The smallest absolute Gasteiger partial charge is 0.368 e. The number of alkyl halides is 3. The molecule has 5 N–H and O–H groups in total. The molecule has 0 spiro atoms. The quantitative estimate of drug-likeness (QED) is 0.349. The van der Waals surface area contributed by atoms with E-state index in [1.807, 2.05) is 13.1 Å². The van der Waals surface area contributed by atoms with E-state index in [0.29, 0.717) is 19.0 Å². The average Bonchev–Trinajstić information content (AvgIpc) is 3.25. The zero-order valence-electron chi connectivity index (χ0n) is 20.5. The summed E-state index contributed by atoms with van der Waals surface area (Å²) in [6, 6.07) is -3.42. The third-order valence-corrected chi connectivity index (χ3v) is 8.98. The number of carbonyl (C=O) groups excluding carboxylic acids is 5. The van der Waals surface area contributed by atoms with Crippen LogP contribution in [0.15, 0.2) is 0 Å². The molecular formula is C21H34F3N5O5Si. The molecule has 2 aliphatic heterocycles. The predicted octanol–water partition coefficient (Wildman–Crippen LogP) is 0.0343. The molecule has 5 amide bonds. The maximum absolute atomic E-state index is 13.4. The predicted molar refractivity (Wildman–Crippen MR) is 122 cm³/mol. The highest BCUT2D eigenvalue weighted by Crippen LogP contribution is 2.31. The number of carbonyl (C=O) groups is 5. The van der Waals surface area contributed by atoms with Gasteiger partial charge in [-0.2, -0.15) is 13.2 Å². The lowest BCUT2D eigenvalue weighted by Gasteiger charge is -2.36. The molecule has 4 atom stereocenters. The topological polar surface area (TPSA) is 151 Å². The molecule has 2 rings (SSSR count). The molecule has 2 saturated heterocycles. The van der Waals surface area contributed by atoms with E-state index in [2.05, 4.69) is 10.6 Å². The molecule has 198 valence electrons. The van der Waals surface area contributed by atoms with Crippen molar-refractivity contribution in [2.45, 2.75) is 77.1 Å². The highest BCUT2D eigenvalue weighted by atomic mass is 28.3. The number of rotatable bonds is 7. The van der Waals surface area contributed by atoms with Gasteiger partial charge in [-0.3, -0.25) is 24.0 Å². The van der Waals surface area contributed by atoms with Crippen LogP contribution in [0.5, 0.6) is 0 Å². The number of primary amides is 1. The van der Waals surface area contributed by atoms with Gasteiger partial charge in [0.15, 0.2) is 0 Å². The van der Waals surface area contributed by atoms with Crippen LogP contribution < -0.4 is 21.7 Å². The maximum atomic E-state index is 13.4. The number of nitrogens with two attached hydrogens (primary N) is 1. The summed E-state index contributed by atoms with van der Waals surface area (Å²) < 4.78 is 38.7. The van der Waals surface area contributed by atoms with Crippen molar-refractivity contribution in [1.82, 2.24) is 20.9 Å². The van der Waals surface area contributed by atoms with Gasteiger partial charge in [0, 0.05) is 18.6 Å². The Kier molecular flexibility index (Phi) is 8.29. The molecule has 35 heavy (non-hydrogen) atoms. The zero-order valence-corrected chi connectivity index (χ0v) is 21.5. The normalized spacial score (nSPS) is 23.9. The molecule has 0 aromatic carbocycles. The molecule has 0 aromatic rings. The molecule has 0 aliphatic carbocycles. The molecule has 14 heteroatoms. The van der Waals surface area contributed by atoms with Crippen LogP contribution >= 0.6 is 0 Å². The number of amides is 5. The first kappa shape index (κ1) is 28.6. The van der Waals surface area contributed by atoms with Gasteiger partial charge in [-0.15, -0.1) is 0 Å². The zero-order chi connectivity index (χ0) is 26.9. The van der Waals surface area contributed by atoms with Gasteiger partial charge in [0.25, 0.3) is 0 Å². The fraction of sp³-hybridized carbons (Fsp3) is 0.762. The van der Waals surface area contributed by atoms with Crippen LogP contribution in [-0.2, 0) is 24.0 Å². The Balaban J connectivity index is 2.26. The van der Waals surface area contributed by atoms with Crippen molar-refractivity contribution in [1.29, 1.82) is 0 Å². The Hall–Kier alpha value is -2.64. The fourth-order valence-corrected chi connectivity index (χ4v) is 7.31. The summed E-state index contributed by atoms with van der Waals surface area (Å²) in [6.45, 7) is 8.83. The number of nitrogens with zero attached hydrogens (tertiary/aromatic N) is 1. The maximum Gasteiger partial charge on any atom is 0.471 e. The summed E-state index contributed by atoms with van der Waals surface area (Å²) in [7, 11) is -2.17. The largest absolute Gasteiger partial charge is 0.471 e. The van der Waals surface area contributed by atoms with Crippen LogP contribution in [0.1, 0.15) is 33.6 Å². The van der Waals surface area contributed by atoms with Gasteiger partial charge >= 0.3 is 12.1 Å². The minimum absolute atomic E-state index is 0.000645. The first-order valence-corrected chi connectivity index (χ1v) is 14.8. The second kappa shape index (κ2) is 10.2. The first-order chi connectivity index (χ1) is 15.8. The monoisotopic (exact) mass is 521 g/mol. The Morgan fingerprint density at radius 1 is 1.17 bits per heavy atom. The van der Waals surface area contributed by atoms with E-state index in [1.165, 1.54) is 25.7 Å². The summed E-state index contributed by atoms with van der Waals surface area (Å²) in [5.41, 5.74) is 4.36. The second-order valence-electron chi connectivity index (χ2n) is 11.1. The summed E-state index contributed by atoms with van der Waals surface area (Å²) in [5, 5.41) is 6.96. The SMILES string of the molecule is CC(C)(C)[C@H](NC(=O)C(F)(F)F)C(=O)N1C[Si](C)(C)C[C@H]1C(=O)N[C@@H](C[C@@H]1CCNC1=O)C(N)=O. The van der Waals surface area contributed by atoms with Gasteiger partial charge in [0.2, 0.25) is 23.6 Å². The van der Waals surface area contributed by atoms with Crippen molar-refractivity contribution in [3.8, 4) is 0 Å². The van der Waals surface area contributed by atoms with Crippen molar-refractivity contribution in [3.63, 3.8) is 0 Å². The lowest BCUT2D eigenvalue weighted by Crippen LogP contribution is -2.60. The number of hydrogen-bond donors (Lipinski definition) is 4. The molecule has 2 heterocycles. The standard InChI is InChI=1S/C21H34F3N5O5Si/c1-20(2,3)14(28-19(34)21(22,23)24)18(33)29-10-35(4,5)9-13(29)17(32)27-12(15(25)30)8-11-6-7-26-16(11)31/h11-14H,6-10H2,1-5H3,(H2,25,30)(H,26,31)(H,27,32)(H,28,34)/t11-,12-,13-,14+/m0/s1. The highest BCUT2D eigenvalue weighted by molar-refractivity contribution is 6.79. The number of nitrogens with one attached hydrogen (secondary N) is 3. The van der Waals surface area contributed by atoms with E-state index in [9.17, 15) is 37.1 Å². The van der Waals surface area contributed by atoms with Crippen LogP contribution in [0, 0.1) is 11.3 Å². The van der Waals surface area contributed by atoms with Gasteiger partial charge in [-0.05, 0) is 24.3 Å². The number of hydrogen-bond acceptors (Lipinski definition) is 5. The minimum atomic E-state index is -5.18. The molecule has 0 unspecified atom stereocenters. The molecule has 2 aliphatic rings. The molecule has 0 saturated carbocycles. The van der Waals surface area contributed by atoms with Crippen molar-refractivity contribution in [2.75, 3.05) is 12.7 Å². The van der Waals surface area contributed by atoms with Gasteiger partial charge in [-0.1, -0.05) is 33.9 Å². The first-order valence-electron chi connectivity index (χ1n) is 11.4. The van der Waals surface area contributed by atoms with Gasteiger partial charge in [0.05, 0.1) is 8.07 Å². The Labute approximate surface area is 202 Å². The molecular weight excluding hydrogens is 487 g/mol. The van der Waals surface area contributed by atoms with Crippen LogP contribution in [0.25, 0.3) is 0 Å². The van der Waals surface area contributed by atoms with Crippen molar-refractivity contribution in [2.24, 2.45) is 17.1 Å². The van der Waals surface area contributed by atoms with Gasteiger partial charge < -0.3 is 26.6 Å². The lowest BCUT2D eigenvalue weighted by molar-refractivity contribution is -0.176. The van der Waals surface area contributed by atoms with Gasteiger partial charge in [-0.25, -0.2) is 0 Å². The van der Waals surface area contributed by atoms with Gasteiger partial charge in [0.1, 0.15) is 18.1 Å². The van der Waals surface area contributed by atoms with E-state index >= 15 is 0 Å². The summed E-state index contributed by atoms with van der Waals surface area (Å²) in [6.07, 6.45) is -4.51. The van der Waals surface area contributed by atoms with Crippen LogP contribution in [0.4, 0.5) is 13.2 Å². The highest BCUT2D eigenvalue weighted by Gasteiger charge is 2.50. The van der Waals surface area contributed by atoms with Crippen LogP contribution in [0.3, 0.4) is 0 Å². The molecule has 0 radical (unpaired) electrons. The third kappa shape index (κ3) is 7.18. The van der Waals surface area contributed by atoms with E-state index in [-0.39, 0.29) is 18.5 Å². The van der Waals surface area contributed by atoms with E-state index < -0.39 is 67.3 Å². The van der Waals surface area contributed by atoms with E-state index in [4.69, 9.17) is 5.73 Å². The summed E-state index contributed by atoms with van der Waals surface area (Å²) in [5.74, 6) is -5.30. The lowest BCUT2D eigenvalue weighted by atomic mass is 9.85. The Morgan fingerprint density at radius 2 is 1.77 bits per heavy atom. The Bertz CT molecular complexity index is 890. The van der Waals surface area contributed by atoms with Crippen molar-refractivity contribution < 1.29 is 37.1 Å². The van der Waals surface area contributed by atoms with Crippen LogP contribution in [0.2, 0.25) is 19.1 Å². The molecule has 0 bridgehead atoms. The van der Waals surface area contributed by atoms with Crippen molar-refractivity contribution >= 4 is 37.6 Å². The molecule has 0 aromatic heterocycles. The summed E-state index contributed by atoms with van der Waals surface area (Å²) >= 11 is 0. The fourth-order valence-electron chi connectivity index (χ4n) is 4.43. The number of halogens is 3. The van der Waals surface area contributed by atoms with Crippen LogP contribution in [-0.4, -0.2) is 79.5 Å². The minimum Gasteiger partial charge on any atom is -0.368 e. The molecule has 10 nitrogen and oxygen atoms in total. The second-order valence-corrected chi connectivity index (χ2v) is 16.1. The average molecular weight is 522 g/mol. The van der Waals surface area contributed by atoms with Crippen molar-refractivity contribution in [3.05, 3.63) is 0 Å². The van der Waals surface area contributed by atoms with E-state index in [1.54, 1.807) is 5.32 Å². The Morgan fingerprint density at radius 3 is 2.23 bits per heavy atom. The third-order valence-electron chi connectivity index (χ3n) is 6.30. The summed E-state index contributed by atoms with van der Waals surface area (Å²) in [4.78, 5) is 63.4. The molecule has 2 fully saturated rings.